The van der Waals surface area contributed by atoms with Crippen LogP contribution in [0.5, 0.6) is 5.75 Å². The Hall–Kier alpha value is -2.48. The lowest BCUT2D eigenvalue weighted by Crippen LogP contribution is -2.29. The summed E-state index contributed by atoms with van der Waals surface area (Å²) >= 11 is 1.30. The molecule has 0 aromatic heterocycles. The molecule has 0 spiro atoms. The van der Waals surface area contributed by atoms with Gasteiger partial charge in [-0.25, -0.2) is 9.59 Å². The van der Waals surface area contributed by atoms with Gasteiger partial charge in [-0.15, -0.1) is 0 Å². The molecule has 7 nitrogen and oxygen atoms in total. The molecule has 25 heavy (non-hydrogen) atoms. The van der Waals surface area contributed by atoms with E-state index >= 15 is 0 Å². The van der Waals surface area contributed by atoms with Gasteiger partial charge in [-0.05, 0) is 31.2 Å². The fourth-order valence-electron chi connectivity index (χ4n) is 2.11. The number of esters is 2. The van der Waals surface area contributed by atoms with Crippen LogP contribution >= 0.6 is 11.8 Å². The van der Waals surface area contributed by atoms with Crippen molar-refractivity contribution in [3.63, 3.8) is 0 Å². The van der Waals surface area contributed by atoms with Gasteiger partial charge >= 0.3 is 11.9 Å². The van der Waals surface area contributed by atoms with Crippen molar-refractivity contribution >= 4 is 29.6 Å². The van der Waals surface area contributed by atoms with E-state index in [1.54, 1.807) is 31.2 Å². The van der Waals surface area contributed by atoms with E-state index in [9.17, 15) is 14.4 Å². The highest BCUT2D eigenvalue weighted by molar-refractivity contribution is 8.04. The van der Waals surface area contributed by atoms with Gasteiger partial charge in [0.25, 0.3) is 0 Å². The number of thioether (sulfide) groups is 1. The van der Waals surface area contributed by atoms with Gasteiger partial charge in [-0.3, -0.25) is 4.79 Å². The number of hydrogen-bond donors (Lipinski definition) is 0. The Bertz CT molecular complexity index is 670. The van der Waals surface area contributed by atoms with Gasteiger partial charge in [0.05, 0.1) is 42.7 Å². The van der Waals surface area contributed by atoms with Crippen LogP contribution in [-0.2, 0) is 19.1 Å². The van der Waals surface area contributed by atoms with Crippen molar-refractivity contribution in [2.75, 3.05) is 32.6 Å². The molecule has 1 heterocycles. The first-order valence-corrected chi connectivity index (χ1v) is 8.66. The lowest BCUT2D eigenvalue weighted by molar-refractivity contribution is -0.137. The van der Waals surface area contributed by atoms with Crippen molar-refractivity contribution in [1.82, 2.24) is 4.90 Å². The molecule has 1 amide bonds. The van der Waals surface area contributed by atoms with Crippen molar-refractivity contribution in [2.45, 2.75) is 6.92 Å². The van der Waals surface area contributed by atoms with E-state index in [4.69, 9.17) is 9.47 Å². The van der Waals surface area contributed by atoms with E-state index in [1.807, 2.05) is 0 Å². The van der Waals surface area contributed by atoms with Gasteiger partial charge in [0, 0.05) is 0 Å². The summed E-state index contributed by atoms with van der Waals surface area (Å²) in [6, 6.07) is 6.51. The third-order valence-electron chi connectivity index (χ3n) is 3.30. The molecule has 1 aromatic carbocycles. The van der Waals surface area contributed by atoms with Gasteiger partial charge in [-0.1, -0.05) is 11.8 Å². The number of carbonyl (C=O) groups is 3. The molecule has 0 unspecified atom stereocenters. The highest BCUT2D eigenvalue weighted by Crippen LogP contribution is 2.28. The SMILES string of the molecule is CCOC(=O)/C=C1\SCC(=O)N1CCOc1ccc(C(=O)OC)cc1. The molecule has 0 saturated carbocycles. The molecule has 1 aromatic rings. The average molecular weight is 365 g/mol. The Morgan fingerprint density at radius 1 is 1.28 bits per heavy atom. The quantitative estimate of drug-likeness (QED) is 0.538. The summed E-state index contributed by atoms with van der Waals surface area (Å²) in [5, 5.41) is 0.563. The molecule has 0 atom stereocenters. The molecule has 1 saturated heterocycles. The highest BCUT2D eigenvalue weighted by Gasteiger charge is 2.27. The first-order chi connectivity index (χ1) is 12.0. The molecule has 1 aliphatic rings. The van der Waals surface area contributed by atoms with Crippen molar-refractivity contribution < 1.29 is 28.6 Å². The number of amides is 1. The zero-order chi connectivity index (χ0) is 18.2. The molecule has 134 valence electrons. The van der Waals surface area contributed by atoms with Crippen molar-refractivity contribution in [1.29, 1.82) is 0 Å². The van der Waals surface area contributed by atoms with E-state index in [1.165, 1.54) is 29.8 Å². The van der Waals surface area contributed by atoms with Crippen LogP contribution in [0, 0.1) is 0 Å². The highest BCUT2D eigenvalue weighted by atomic mass is 32.2. The Balaban J connectivity index is 1.90. The zero-order valence-electron chi connectivity index (χ0n) is 14.0. The van der Waals surface area contributed by atoms with Gasteiger partial charge in [-0.2, -0.15) is 0 Å². The molecule has 0 aliphatic carbocycles. The van der Waals surface area contributed by atoms with Gasteiger partial charge < -0.3 is 19.1 Å². The summed E-state index contributed by atoms with van der Waals surface area (Å²) in [4.78, 5) is 36.3. The fraction of sp³-hybridized carbons (Fsp3) is 0.353. The molecular weight excluding hydrogens is 346 g/mol. The summed E-state index contributed by atoms with van der Waals surface area (Å²) in [5.41, 5.74) is 0.431. The van der Waals surface area contributed by atoms with Crippen molar-refractivity contribution in [2.24, 2.45) is 0 Å². The fourth-order valence-corrected chi connectivity index (χ4v) is 3.07. The molecule has 0 N–H and O–H groups in total. The number of benzene rings is 1. The predicted octanol–water partition coefficient (Wildman–Crippen LogP) is 1.83. The van der Waals surface area contributed by atoms with E-state index in [0.29, 0.717) is 28.6 Å². The molecule has 0 bridgehead atoms. The monoisotopic (exact) mass is 365 g/mol. The number of carbonyl (C=O) groups excluding carboxylic acids is 3. The third-order valence-corrected chi connectivity index (χ3v) is 4.32. The molecule has 1 fully saturated rings. The Labute approximate surface area is 149 Å². The Morgan fingerprint density at radius 2 is 2.00 bits per heavy atom. The minimum absolute atomic E-state index is 0.0785. The summed E-state index contributed by atoms with van der Waals surface area (Å²) in [6.45, 7) is 2.58. The molecular formula is C17H19NO6S. The number of rotatable bonds is 7. The number of hydrogen-bond acceptors (Lipinski definition) is 7. The zero-order valence-corrected chi connectivity index (χ0v) is 14.8. The van der Waals surface area contributed by atoms with Gasteiger partial charge in [0.2, 0.25) is 5.91 Å². The smallest absolute Gasteiger partial charge is 0.337 e. The van der Waals surface area contributed by atoms with Gasteiger partial charge in [0.15, 0.2) is 0 Å². The largest absolute Gasteiger partial charge is 0.492 e. The van der Waals surface area contributed by atoms with Gasteiger partial charge in [0.1, 0.15) is 12.4 Å². The number of nitrogens with zero attached hydrogens (tertiary/aromatic N) is 1. The summed E-state index contributed by atoms with van der Waals surface area (Å²) < 4.78 is 15.1. The minimum Gasteiger partial charge on any atom is -0.492 e. The molecule has 1 aliphatic heterocycles. The van der Waals surface area contributed by atoms with E-state index in [0.717, 1.165) is 0 Å². The lowest BCUT2D eigenvalue weighted by atomic mass is 10.2. The van der Waals surface area contributed by atoms with Crippen LogP contribution in [0.3, 0.4) is 0 Å². The normalized spacial score (nSPS) is 15.4. The van der Waals surface area contributed by atoms with Crippen LogP contribution in [0.25, 0.3) is 0 Å². The number of ether oxygens (including phenoxy) is 3. The topological polar surface area (TPSA) is 82.1 Å². The van der Waals surface area contributed by atoms with E-state index < -0.39 is 11.9 Å². The molecule has 0 radical (unpaired) electrons. The second-order valence-electron chi connectivity index (χ2n) is 4.93. The van der Waals surface area contributed by atoms with Crippen molar-refractivity contribution in [3.8, 4) is 5.75 Å². The average Bonchev–Trinajstić information content (AvgIpc) is 2.95. The van der Waals surface area contributed by atoms with Crippen LogP contribution in [0.4, 0.5) is 0 Å². The van der Waals surface area contributed by atoms with Crippen LogP contribution in [0.1, 0.15) is 17.3 Å². The minimum atomic E-state index is -0.469. The Kier molecular flexibility index (Phi) is 6.88. The van der Waals surface area contributed by atoms with Crippen LogP contribution < -0.4 is 4.74 Å². The third kappa shape index (κ3) is 5.25. The maximum Gasteiger partial charge on any atom is 0.337 e. The summed E-state index contributed by atoms with van der Waals surface area (Å²) in [6.07, 6.45) is 1.32. The number of methoxy groups -OCH3 is 1. The molecule has 2 rings (SSSR count). The van der Waals surface area contributed by atoms with E-state index in [-0.39, 0.29) is 19.1 Å². The van der Waals surface area contributed by atoms with Crippen LogP contribution in [0.2, 0.25) is 0 Å². The molecule has 8 heteroatoms. The first-order valence-electron chi connectivity index (χ1n) is 7.68. The van der Waals surface area contributed by atoms with Crippen LogP contribution in [0.15, 0.2) is 35.4 Å². The van der Waals surface area contributed by atoms with E-state index in [2.05, 4.69) is 4.74 Å². The first kappa shape index (κ1) is 18.9. The van der Waals surface area contributed by atoms with Crippen LogP contribution in [-0.4, -0.2) is 55.4 Å². The van der Waals surface area contributed by atoms with Crippen molar-refractivity contribution in [3.05, 3.63) is 40.9 Å². The Morgan fingerprint density at radius 3 is 2.64 bits per heavy atom. The second-order valence-corrected chi connectivity index (χ2v) is 5.93. The second kappa shape index (κ2) is 9.12. The maximum absolute atomic E-state index is 11.9. The standard InChI is InChI=1S/C17H19NO6S/c1-3-23-16(20)10-15-18(14(19)11-25-15)8-9-24-13-6-4-12(5-7-13)17(21)22-2/h4-7,10H,3,8-9,11H2,1-2H3/b15-10-. The summed E-state index contributed by atoms with van der Waals surface area (Å²) in [5.74, 6) is -0.101. The maximum atomic E-state index is 11.9. The predicted molar refractivity (Wildman–Crippen MR) is 92.2 cm³/mol. The lowest BCUT2D eigenvalue weighted by Gasteiger charge is -2.17. The summed E-state index contributed by atoms with van der Waals surface area (Å²) in [7, 11) is 1.32.